The first kappa shape index (κ1) is 17.5. The summed E-state index contributed by atoms with van der Waals surface area (Å²) in [6, 6.07) is 10.2. The van der Waals surface area contributed by atoms with E-state index in [0.717, 1.165) is 6.42 Å². The van der Waals surface area contributed by atoms with Crippen LogP contribution in [0, 0.1) is 0 Å². The molecule has 6 nitrogen and oxygen atoms in total. The molecule has 0 saturated carbocycles. The molecule has 0 aliphatic rings. The van der Waals surface area contributed by atoms with Crippen molar-refractivity contribution in [2.45, 2.75) is 26.3 Å². The van der Waals surface area contributed by atoms with Gasteiger partial charge >= 0.3 is 5.97 Å². The second-order valence-electron chi connectivity index (χ2n) is 5.41. The summed E-state index contributed by atoms with van der Waals surface area (Å²) >= 11 is 0. The molecule has 2 aromatic rings. The monoisotopic (exact) mass is 327 g/mol. The number of nitrogens with zero attached hydrogens (tertiary/aromatic N) is 1. The molecular formula is C18H21N3O3. The number of pyridine rings is 1. The van der Waals surface area contributed by atoms with Gasteiger partial charge in [-0.1, -0.05) is 6.92 Å². The molecular weight excluding hydrogens is 306 g/mol. The average Bonchev–Trinajstić information content (AvgIpc) is 2.61. The molecule has 126 valence electrons. The Kier molecular flexibility index (Phi) is 5.89. The van der Waals surface area contributed by atoms with E-state index in [0.29, 0.717) is 22.6 Å². The molecule has 24 heavy (non-hydrogen) atoms. The Morgan fingerprint density at radius 2 is 1.88 bits per heavy atom. The van der Waals surface area contributed by atoms with Crippen LogP contribution in [0.25, 0.3) is 0 Å². The number of esters is 1. The van der Waals surface area contributed by atoms with E-state index in [4.69, 9.17) is 0 Å². The quantitative estimate of drug-likeness (QED) is 0.796. The number of methoxy groups -OCH3 is 1. The molecule has 2 N–H and O–H groups in total. The molecule has 6 heteroatoms. The van der Waals surface area contributed by atoms with Crippen molar-refractivity contribution in [3.8, 4) is 0 Å². The van der Waals surface area contributed by atoms with Crippen molar-refractivity contribution >= 4 is 23.4 Å². The van der Waals surface area contributed by atoms with Gasteiger partial charge in [-0.15, -0.1) is 0 Å². The number of hydrogen-bond donors (Lipinski definition) is 2. The van der Waals surface area contributed by atoms with E-state index in [1.807, 2.05) is 0 Å². The van der Waals surface area contributed by atoms with Gasteiger partial charge in [-0.2, -0.15) is 0 Å². The van der Waals surface area contributed by atoms with Gasteiger partial charge in [0.2, 0.25) is 0 Å². The third-order valence-electron chi connectivity index (χ3n) is 3.59. The highest BCUT2D eigenvalue weighted by Gasteiger charge is 2.10. The maximum absolute atomic E-state index is 12.3. The second kappa shape index (κ2) is 8.10. The fraction of sp³-hybridized carbons (Fsp3) is 0.278. The average molecular weight is 327 g/mol. The largest absolute Gasteiger partial charge is 0.465 e. The minimum atomic E-state index is -0.414. The first-order valence-corrected chi connectivity index (χ1v) is 7.75. The van der Waals surface area contributed by atoms with Gasteiger partial charge in [0, 0.05) is 23.5 Å². The zero-order valence-corrected chi connectivity index (χ0v) is 14.0. The number of anilines is 2. The summed E-state index contributed by atoms with van der Waals surface area (Å²) < 4.78 is 4.64. The standard InChI is InChI=1S/C18H21N3O3/c1-4-12(2)20-16-11-14(9-10-19-16)17(22)21-15-7-5-13(6-8-15)18(23)24-3/h5-12H,4H2,1-3H3,(H,19,20)(H,21,22). The number of benzene rings is 1. The molecule has 2 rings (SSSR count). The molecule has 1 heterocycles. The molecule has 1 amide bonds. The number of rotatable bonds is 6. The van der Waals surface area contributed by atoms with Crippen molar-refractivity contribution in [1.29, 1.82) is 0 Å². The smallest absolute Gasteiger partial charge is 0.337 e. The molecule has 1 aromatic heterocycles. The highest BCUT2D eigenvalue weighted by Crippen LogP contribution is 2.14. The second-order valence-corrected chi connectivity index (χ2v) is 5.41. The van der Waals surface area contributed by atoms with Crippen LogP contribution >= 0.6 is 0 Å². The summed E-state index contributed by atoms with van der Waals surface area (Å²) in [5.41, 5.74) is 1.54. The summed E-state index contributed by atoms with van der Waals surface area (Å²) in [6.07, 6.45) is 2.56. The van der Waals surface area contributed by atoms with E-state index in [1.54, 1.807) is 42.6 Å². The molecule has 1 unspecified atom stereocenters. The summed E-state index contributed by atoms with van der Waals surface area (Å²) in [7, 11) is 1.33. The minimum Gasteiger partial charge on any atom is -0.465 e. The topological polar surface area (TPSA) is 80.3 Å². The predicted octanol–water partition coefficient (Wildman–Crippen LogP) is 3.33. The van der Waals surface area contributed by atoms with Crippen LogP contribution in [-0.2, 0) is 4.74 Å². The van der Waals surface area contributed by atoms with Crippen LogP contribution in [0.2, 0.25) is 0 Å². The Bertz CT molecular complexity index is 714. The number of nitrogens with one attached hydrogen (secondary N) is 2. The van der Waals surface area contributed by atoms with Crippen molar-refractivity contribution in [3.63, 3.8) is 0 Å². The lowest BCUT2D eigenvalue weighted by Crippen LogP contribution is -2.16. The molecule has 0 aliphatic carbocycles. The zero-order valence-electron chi connectivity index (χ0n) is 14.0. The van der Waals surface area contributed by atoms with Crippen LogP contribution in [-0.4, -0.2) is 30.0 Å². The van der Waals surface area contributed by atoms with E-state index in [1.165, 1.54) is 7.11 Å². The van der Waals surface area contributed by atoms with Gasteiger partial charge in [-0.3, -0.25) is 4.79 Å². The first-order chi connectivity index (χ1) is 11.5. The third kappa shape index (κ3) is 4.55. The first-order valence-electron chi connectivity index (χ1n) is 7.75. The lowest BCUT2D eigenvalue weighted by molar-refractivity contribution is 0.0600. The van der Waals surface area contributed by atoms with Crippen LogP contribution in [0.15, 0.2) is 42.6 Å². The third-order valence-corrected chi connectivity index (χ3v) is 3.59. The van der Waals surface area contributed by atoms with Gasteiger partial charge in [-0.25, -0.2) is 9.78 Å². The van der Waals surface area contributed by atoms with Gasteiger partial charge in [0.1, 0.15) is 5.82 Å². The van der Waals surface area contributed by atoms with Crippen LogP contribution in [0.3, 0.4) is 0 Å². The molecule has 1 aromatic carbocycles. The van der Waals surface area contributed by atoms with Gasteiger partial charge in [0.15, 0.2) is 0 Å². The van der Waals surface area contributed by atoms with Gasteiger partial charge in [0.25, 0.3) is 5.91 Å². The van der Waals surface area contributed by atoms with Crippen LogP contribution in [0.1, 0.15) is 41.0 Å². The Balaban J connectivity index is 2.06. The highest BCUT2D eigenvalue weighted by atomic mass is 16.5. The van der Waals surface area contributed by atoms with Gasteiger partial charge < -0.3 is 15.4 Å². The van der Waals surface area contributed by atoms with Gasteiger partial charge in [-0.05, 0) is 49.7 Å². The van der Waals surface area contributed by atoms with Crippen molar-refractivity contribution in [2.24, 2.45) is 0 Å². The fourth-order valence-electron chi connectivity index (χ4n) is 2.02. The summed E-state index contributed by atoms with van der Waals surface area (Å²) in [6.45, 7) is 4.13. The number of aromatic nitrogens is 1. The zero-order chi connectivity index (χ0) is 17.5. The normalized spacial score (nSPS) is 11.5. The predicted molar refractivity (Wildman–Crippen MR) is 93.3 cm³/mol. The Morgan fingerprint density at radius 1 is 1.17 bits per heavy atom. The van der Waals surface area contributed by atoms with Crippen LogP contribution < -0.4 is 10.6 Å². The molecule has 0 bridgehead atoms. The van der Waals surface area contributed by atoms with Gasteiger partial charge in [0.05, 0.1) is 12.7 Å². The highest BCUT2D eigenvalue weighted by molar-refractivity contribution is 6.04. The summed E-state index contributed by atoms with van der Waals surface area (Å²) in [5, 5.41) is 6.02. The lowest BCUT2D eigenvalue weighted by Gasteiger charge is -2.13. The molecule has 0 spiro atoms. The SMILES string of the molecule is CCC(C)Nc1cc(C(=O)Nc2ccc(C(=O)OC)cc2)ccn1. The molecule has 0 aliphatic heterocycles. The fourth-order valence-corrected chi connectivity index (χ4v) is 2.02. The Hall–Kier alpha value is -2.89. The van der Waals surface area contributed by atoms with Crippen molar-refractivity contribution in [2.75, 3.05) is 17.7 Å². The summed E-state index contributed by atoms with van der Waals surface area (Å²) in [5.74, 6) is 0.0104. The van der Waals surface area contributed by atoms with Crippen molar-refractivity contribution in [1.82, 2.24) is 4.98 Å². The maximum atomic E-state index is 12.3. The molecule has 1 atom stereocenters. The number of amides is 1. The van der Waals surface area contributed by atoms with Crippen molar-refractivity contribution in [3.05, 3.63) is 53.7 Å². The molecule has 0 radical (unpaired) electrons. The van der Waals surface area contributed by atoms with Crippen LogP contribution in [0.4, 0.5) is 11.5 Å². The Morgan fingerprint density at radius 3 is 2.50 bits per heavy atom. The maximum Gasteiger partial charge on any atom is 0.337 e. The number of hydrogen-bond acceptors (Lipinski definition) is 5. The van der Waals surface area contributed by atoms with E-state index in [2.05, 4.69) is 34.2 Å². The van der Waals surface area contributed by atoms with E-state index in [9.17, 15) is 9.59 Å². The Labute approximate surface area is 141 Å². The van der Waals surface area contributed by atoms with Crippen molar-refractivity contribution < 1.29 is 14.3 Å². The molecule has 0 saturated heterocycles. The van der Waals surface area contributed by atoms with Crippen LogP contribution in [0.5, 0.6) is 0 Å². The lowest BCUT2D eigenvalue weighted by atomic mass is 10.2. The number of carbonyl (C=O) groups excluding carboxylic acids is 2. The molecule has 0 fully saturated rings. The summed E-state index contributed by atoms with van der Waals surface area (Å²) in [4.78, 5) is 27.9. The van der Waals surface area contributed by atoms with E-state index >= 15 is 0 Å². The number of carbonyl (C=O) groups is 2. The minimum absolute atomic E-state index is 0.240. The van der Waals surface area contributed by atoms with E-state index in [-0.39, 0.29) is 11.9 Å². The number of ether oxygens (including phenoxy) is 1. The van der Waals surface area contributed by atoms with E-state index < -0.39 is 5.97 Å².